The minimum absolute atomic E-state index is 0.495. The Labute approximate surface area is 238 Å². The van der Waals surface area contributed by atoms with Crippen molar-refractivity contribution in [3.05, 3.63) is 139 Å². The molecule has 0 amide bonds. The quantitative estimate of drug-likeness (QED) is 0.219. The third-order valence-corrected chi connectivity index (χ3v) is 9.21. The first-order valence-corrected chi connectivity index (χ1v) is 14.7. The van der Waals surface area contributed by atoms with Crippen molar-refractivity contribution in [1.29, 1.82) is 0 Å². The molecular formula is C37H28N2S. The van der Waals surface area contributed by atoms with Crippen molar-refractivity contribution in [3.8, 4) is 11.4 Å². The van der Waals surface area contributed by atoms with Crippen LogP contribution in [0.25, 0.3) is 50.2 Å². The molecule has 192 valence electrons. The van der Waals surface area contributed by atoms with Crippen molar-refractivity contribution in [3.63, 3.8) is 0 Å². The Bertz CT molecular complexity index is 2000. The number of nitrogens with zero attached hydrogens (tertiary/aromatic N) is 2. The standard InChI is InChI=1S/C37H28N2S/c1-25-9-8-13-33-32-12-4-7-16-36(32)39(37(25)33)27-19-23-29(24-20-27)40-28-21-17-26(18-22-28)38-34-14-5-2-10-30(34)31-11-3-6-15-35(31)38/h2-8,10-25H,9H2,1H3. The van der Waals surface area contributed by atoms with Crippen molar-refractivity contribution >= 4 is 50.5 Å². The third-order valence-electron chi connectivity index (χ3n) is 8.20. The molecule has 1 atom stereocenters. The summed E-state index contributed by atoms with van der Waals surface area (Å²) in [4.78, 5) is 2.48. The van der Waals surface area contributed by atoms with Crippen LogP contribution in [0.4, 0.5) is 0 Å². The maximum absolute atomic E-state index is 2.47. The van der Waals surface area contributed by atoms with Gasteiger partial charge in [0, 0.05) is 54.5 Å². The summed E-state index contributed by atoms with van der Waals surface area (Å²) in [6, 6.07) is 44.1. The van der Waals surface area contributed by atoms with Crippen LogP contribution in [0.1, 0.15) is 30.5 Å². The molecule has 5 aromatic carbocycles. The van der Waals surface area contributed by atoms with E-state index >= 15 is 0 Å². The second kappa shape index (κ2) is 9.32. The first-order valence-electron chi connectivity index (χ1n) is 13.9. The van der Waals surface area contributed by atoms with Gasteiger partial charge < -0.3 is 9.13 Å². The van der Waals surface area contributed by atoms with Gasteiger partial charge in [0.2, 0.25) is 0 Å². The minimum atomic E-state index is 0.495. The van der Waals surface area contributed by atoms with E-state index in [1.54, 1.807) is 0 Å². The predicted molar refractivity (Wildman–Crippen MR) is 170 cm³/mol. The number of benzene rings is 5. The maximum Gasteiger partial charge on any atom is 0.0541 e. The van der Waals surface area contributed by atoms with Crippen molar-refractivity contribution in [2.45, 2.75) is 29.1 Å². The summed E-state index contributed by atoms with van der Waals surface area (Å²) in [6.45, 7) is 2.34. The molecule has 3 heteroatoms. The lowest BCUT2D eigenvalue weighted by molar-refractivity contribution is 0.723. The highest BCUT2D eigenvalue weighted by atomic mass is 32.2. The van der Waals surface area contributed by atoms with E-state index in [1.807, 2.05) is 11.8 Å². The topological polar surface area (TPSA) is 9.86 Å². The van der Waals surface area contributed by atoms with Crippen LogP contribution in [0.15, 0.2) is 137 Å². The van der Waals surface area contributed by atoms with E-state index in [-0.39, 0.29) is 0 Å². The minimum Gasteiger partial charge on any atom is -0.313 e. The van der Waals surface area contributed by atoms with Crippen LogP contribution < -0.4 is 0 Å². The van der Waals surface area contributed by atoms with Crippen molar-refractivity contribution in [1.82, 2.24) is 9.13 Å². The highest BCUT2D eigenvalue weighted by molar-refractivity contribution is 7.99. The van der Waals surface area contributed by atoms with Gasteiger partial charge in [-0.25, -0.2) is 0 Å². The molecule has 0 saturated carbocycles. The molecule has 1 aliphatic carbocycles. The van der Waals surface area contributed by atoms with Crippen molar-refractivity contribution < 1.29 is 0 Å². The third kappa shape index (κ3) is 3.65. The Kier molecular flexibility index (Phi) is 5.46. The van der Waals surface area contributed by atoms with Gasteiger partial charge >= 0.3 is 0 Å². The molecule has 0 bridgehead atoms. The number of fused-ring (bicyclic) bond motifs is 6. The van der Waals surface area contributed by atoms with E-state index in [0.29, 0.717) is 5.92 Å². The summed E-state index contributed by atoms with van der Waals surface area (Å²) in [7, 11) is 0. The molecule has 1 unspecified atom stereocenters. The number of allylic oxidation sites excluding steroid dienone is 1. The SMILES string of the molecule is CC1CC=Cc2c1n(-c1ccc(Sc3ccc(-n4c5ccccc5c5ccccc54)cc3)cc1)c1ccccc21. The van der Waals surface area contributed by atoms with Gasteiger partial charge in [0.1, 0.15) is 0 Å². The van der Waals surface area contributed by atoms with E-state index in [4.69, 9.17) is 0 Å². The predicted octanol–water partition coefficient (Wildman–Crippen LogP) is 10.4. The lowest BCUT2D eigenvalue weighted by Crippen LogP contribution is -2.06. The van der Waals surface area contributed by atoms with Crippen LogP contribution in [0.5, 0.6) is 0 Å². The Morgan fingerprint density at radius 2 is 1.02 bits per heavy atom. The highest BCUT2D eigenvalue weighted by Gasteiger charge is 2.23. The molecule has 0 fully saturated rings. The van der Waals surface area contributed by atoms with Crippen LogP contribution in [-0.2, 0) is 0 Å². The maximum atomic E-state index is 2.47. The van der Waals surface area contributed by atoms with Crippen LogP contribution in [0.2, 0.25) is 0 Å². The fourth-order valence-corrected chi connectivity index (χ4v) is 7.21. The smallest absolute Gasteiger partial charge is 0.0541 e. The Hall–Kier alpha value is -4.47. The monoisotopic (exact) mass is 532 g/mol. The summed E-state index contributed by atoms with van der Waals surface area (Å²) in [6.07, 6.45) is 5.71. The van der Waals surface area contributed by atoms with Crippen LogP contribution in [0, 0.1) is 0 Å². The van der Waals surface area contributed by atoms with E-state index in [1.165, 1.54) is 65.1 Å². The molecule has 8 rings (SSSR count). The first kappa shape index (κ1) is 23.4. The van der Waals surface area contributed by atoms with E-state index in [0.717, 1.165) is 6.42 Å². The lowest BCUT2D eigenvalue weighted by Gasteiger charge is -2.19. The lowest BCUT2D eigenvalue weighted by atomic mass is 9.93. The fraction of sp³-hybridized carbons (Fsp3) is 0.0811. The van der Waals surface area contributed by atoms with E-state index in [2.05, 4.69) is 150 Å². The zero-order valence-corrected chi connectivity index (χ0v) is 23.1. The van der Waals surface area contributed by atoms with Crippen molar-refractivity contribution in [2.75, 3.05) is 0 Å². The number of para-hydroxylation sites is 3. The molecular weight excluding hydrogens is 504 g/mol. The molecule has 1 aliphatic rings. The second-order valence-electron chi connectivity index (χ2n) is 10.7. The molecule has 40 heavy (non-hydrogen) atoms. The summed E-state index contributed by atoms with van der Waals surface area (Å²) in [5.74, 6) is 0.495. The zero-order valence-electron chi connectivity index (χ0n) is 22.3. The summed E-state index contributed by atoms with van der Waals surface area (Å²) < 4.78 is 4.83. The molecule has 2 heterocycles. The molecule has 2 nitrogen and oxygen atoms in total. The number of hydrogen-bond donors (Lipinski definition) is 0. The van der Waals surface area contributed by atoms with Gasteiger partial charge in [0.05, 0.1) is 16.6 Å². The van der Waals surface area contributed by atoms with Gasteiger partial charge in [0.15, 0.2) is 0 Å². The average molecular weight is 533 g/mol. The molecule has 0 spiro atoms. The molecule has 7 aromatic rings. The molecule has 0 aliphatic heterocycles. The normalized spacial score (nSPS) is 14.8. The van der Waals surface area contributed by atoms with E-state index in [9.17, 15) is 0 Å². The second-order valence-corrected chi connectivity index (χ2v) is 11.8. The molecule has 0 radical (unpaired) electrons. The number of aromatic nitrogens is 2. The molecule has 0 saturated heterocycles. The first-order chi connectivity index (χ1) is 19.8. The van der Waals surface area contributed by atoms with E-state index < -0.39 is 0 Å². The highest BCUT2D eigenvalue weighted by Crippen LogP contribution is 2.40. The van der Waals surface area contributed by atoms with Gasteiger partial charge in [-0.2, -0.15) is 0 Å². The van der Waals surface area contributed by atoms with Crippen LogP contribution in [-0.4, -0.2) is 9.13 Å². The van der Waals surface area contributed by atoms with Crippen molar-refractivity contribution in [2.24, 2.45) is 0 Å². The van der Waals surface area contributed by atoms with Crippen LogP contribution in [0.3, 0.4) is 0 Å². The van der Waals surface area contributed by atoms with Gasteiger partial charge in [-0.3, -0.25) is 0 Å². The summed E-state index contributed by atoms with van der Waals surface area (Å²) in [5, 5.41) is 3.92. The Morgan fingerprint density at radius 1 is 0.550 bits per heavy atom. The summed E-state index contributed by atoms with van der Waals surface area (Å²) >= 11 is 1.81. The number of rotatable bonds is 4. The average Bonchev–Trinajstić information content (AvgIpc) is 3.52. The van der Waals surface area contributed by atoms with Gasteiger partial charge in [-0.15, -0.1) is 0 Å². The van der Waals surface area contributed by atoms with Gasteiger partial charge in [-0.1, -0.05) is 85.4 Å². The fourth-order valence-electron chi connectivity index (χ4n) is 6.39. The Morgan fingerprint density at radius 3 is 1.60 bits per heavy atom. The molecule has 2 aromatic heterocycles. The Balaban J connectivity index is 1.11. The van der Waals surface area contributed by atoms with Gasteiger partial charge in [-0.05, 0) is 73.2 Å². The molecule has 0 N–H and O–H groups in total. The summed E-state index contributed by atoms with van der Waals surface area (Å²) in [5.41, 5.74) is 8.97. The largest absolute Gasteiger partial charge is 0.313 e. The van der Waals surface area contributed by atoms with Crippen LogP contribution >= 0.6 is 11.8 Å². The van der Waals surface area contributed by atoms with Gasteiger partial charge in [0.25, 0.3) is 0 Å². The zero-order chi connectivity index (χ0) is 26.6. The number of hydrogen-bond acceptors (Lipinski definition) is 1.